The van der Waals surface area contributed by atoms with Crippen molar-refractivity contribution in [1.82, 2.24) is 0 Å². The van der Waals surface area contributed by atoms with Crippen LogP contribution in [0.2, 0.25) is 0 Å². The predicted molar refractivity (Wildman–Crippen MR) is 109 cm³/mol. The maximum absolute atomic E-state index is 12.5. The molecule has 2 aromatic carbocycles. The average Bonchev–Trinajstić information content (AvgIpc) is 2.59. The van der Waals surface area contributed by atoms with E-state index in [1.54, 1.807) is 24.3 Å². The lowest BCUT2D eigenvalue weighted by Gasteiger charge is -2.22. The van der Waals surface area contributed by atoms with Crippen LogP contribution >= 0.6 is 0 Å². The number of sulfonamides is 1. The van der Waals surface area contributed by atoms with Gasteiger partial charge in [0.2, 0.25) is 15.9 Å². The summed E-state index contributed by atoms with van der Waals surface area (Å²) in [4.78, 5) is 12.5. The number of rotatable bonds is 7. The number of hydrogen-bond donors (Lipinski definition) is 1. The molecule has 27 heavy (non-hydrogen) atoms. The van der Waals surface area contributed by atoms with Crippen molar-refractivity contribution in [2.24, 2.45) is 0 Å². The van der Waals surface area contributed by atoms with E-state index in [1.807, 2.05) is 25.1 Å². The van der Waals surface area contributed by atoms with E-state index in [1.165, 1.54) is 7.11 Å². The van der Waals surface area contributed by atoms with E-state index in [0.717, 1.165) is 21.7 Å². The molecule has 0 bridgehead atoms. The highest BCUT2D eigenvalue weighted by atomic mass is 32.2. The molecular formula is C20H26N2O4S. The molecule has 2 rings (SSSR count). The van der Waals surface area contributed by atoms with Crippen LogP contribution in [0, 0.1) is 6.92 Å². The Bertz CT molecular complexity index is 906. The number of ether oxygens (including phenoxy) is 1. The molecule has 0 aliphatic heterocycles. The Labute approximate surface area is 161 Å². The van der Waals surface area contributed by atoms with Gasteiger partial charge in [-0.05, 0) is 48.2 Å². The summed E-state index contributed by atoms with van der Waals surface area (Å²) in [5, 5.41) is 2.73. The van der Waals surface area contributed by atoms with Crippen molar-refractivity contribution in [3.8, 4) is 5.75 Å². The van der Waals surface area contributed by atoms with Crippen molar-refractivity contribution < 1.29 is 17.9 Å². The van der Waals surface area contributed by atoms with Crippen molar-refractivity contribution in [1.29, 1.82) is 0 Å². The van der Waals surface area contributed by atoms with Crippen LogP contribution < -0.4 is 14.4 Å². The molecule has 0 aliphatic rings. The van der Waals surface area contributed by atoms with Crippen molar-refractivity contribution in [2.45, 2.75) is 26.7 Å². The van der Waals surface area contributed by atoms with Gasteiger partial charge in [0.25, 0.3) is 0 Å². The van der Waals surface area contributed by atoms with Crippen LogP contribution in [0.4, 0.5) is 11.4 Å². The number of aryl methyl sites for hydroxylation is 1. The summed E-state index contributed by atoms with van der Waals surface area (Å²) >= 11 is 0. The standard InChI is InChI=1S/C20H26N2O4S/c1-14(2)16-7-9-17(10-8-16)22(27(5,24)25)13-20(23)21-18-12-15(3)6-11-19(18)26-4/h6-12,14H,13H2,1-5H3,(H,21,23). The first-order valence-corrected chi connectivity index (χ1v) is 10.5. The number of nitrogens with one attached hydrogen (secondary N) is 1. The van der Waals surface area contributed by atoms with Gasteiger partial charge in [0, 0.05) is 0 Å². The lowest BCUT2D eigenvalue weighted by Crippen LogP contribution is -2.37. The molecule has 0 saturated carbocycles. The third-order valence-corrected chi connectivity index (χ3v) is 5.30. The predicted octanol–water partition coefficient (Wildman–Crippen LogP) is 3.53. The van der Waals surface area contributed by atoms with Crippen LogP contribution in [-0.2, 0) is 14.8 Å². The van der Waals surface area contributed by atoms with Gasteiger partial charge in [-0.1, -0.05) is 32.0 Å². The van der Waals surface area contributed by atoms with Crippen molar-refractivity contribution >= 4 is 27.3 Å². The maximum Gasteiger partial charge on any atom is 0.245 e. The Morgan fingerprint density at radius 3 is 2.30 bits per heavy atom. The number of nitrogens with zero attached hydrogens (tertiary/aromatic N) is 1. The molecule has 0 spiro atoms. The fourth-order valence-electron chi connectivity index (χ4n) is 2.67. The summed E-state index contributed by atoms with van der Waals surface area (Å²) in [7, 11) is -2.11. The Morgan fingerprint density at radius 2 is 1.78 bits per heavy atom. The van der Waals surface area contributed by atoms with E-state index in [4.69, 9.17) is 4.74 Å². The molecule has 146 valence electrons. The summed E-state index contributed by atoms with van der Waals surface area (Å²) in [6, 6.07) is 12.6. The second kappa shape index (κ2) is 8.43. The van der Waals surface area contributed by atoms with Gasteiger partial charge < -0.3 is 10.1 Å². The fraction of sp³-hybridized carbons (Fsp3) is 0.350. The van der Waals surface area contributed by atoms with E-state index in [0.29, 0.717) is 23.0 Å². The molecular weight excluding hydrogens is 364 g/mol. The Morgan fingerprint density at radius 1 is 1.15 bits per heavy atom. The number of hydrogen-bond acceptors (Lipinski definition) is 4. The van der Waals surface area contributed by atoms with Gasteiger partial charge in [0.05, 0.1) is 24.7 Å². The highest BCUT2D eigenvalue weighted by molar-refractivity contribution is 7.92. The first kappa shape index (κ1) is 20.8. The highest BCUT2D eigenvalue weighted by Gasteiger charge is 2.21. The Hall–Kier alpha value is -2.54. The summed E-state index contributed by atoms with van der Waals surface area (Å²) in [6.07, 6.45) is 1.09. The smallest absolute Gasteiger partial charge is 0.245 e. The molecule has 2 aromatic rings. The minimum atomic E-state index is -3.62. The van der Waals surface area contributed by atoms with E-state index in [9.17, 15) is 13.2 Å². The zero-order valence-electron chi connectivity index (χ0n) is 16.3. The number of methoxy groups -OCH3 is 1. The van der Waals surface area contributed by atoms with Gasteiger partial charge in [0.1, 0.15) is 12.3 Å². The molecule has 0 heterocycles. The third kappa shape index (κ3) is 5.47. The van der Waals surface area contributed by atoms with Crippen LogP contribution in [0.3, 0.4) is 0 Å². The normalized spacial score (nSPS) is 11.3. The molecule has 0 radical (unpaired) electrons. The van der Waals surface area contributed by atoms with Gasteiger partial charge in [-0.15, -0.1) is 0 Å². The Kier molecular flexibility index (Phi) is 6.49. The summed E-state index contributed by atoms with van der Waals surface area (Å²) in [5.74, 6) is 0.404. The zero-order valence-corrected chi connectivity index (χ0v) is 17.1. The zero-order chi connectivity index (χ0) is 20.2. The van der Waals surface area contributed by atoms with E-state index < -0.39 is 15.9 Å². The fourth-order valence-corrected chi connectivity index (χ4v) is 3.52. The van der Waals surface area contributed by atoms with Crippen molar-refractivity contribution in [2.75, 3.05) is 29.5 Å². The summed E-state index contributed by atoms with van der Waals surface area (Å²) in [5.41, 5.74) is 3.01. The quantitative estimate of drug-likeness (QED) is 0.785. The molecule has 7 heteroatoms. The third-order valence-electron chi connectivity index (χ3n) is 4.16. The molecule has 1 amide bonds. The highest BCUT2D eigenvalue weighted by Crippen LogP contribution is 2.26. The van der Waals surface area contributed by atoms with Crippen molar-refractivity contribution in [3.05, 3.63) is 53.6 Å². The topological polar surface area (TPSA) is 75.7 Å². The summed E-state index contributed by atoms with van der Waals surface area (Å²) < 4.78 is 30.8. The molecule has 0 atom stereocenters. The Balaban J connectivity index is 2.24. The lowest BCUT2D eigenvalue weighted by atomic mass is 10.0. The molecule has 6 nitrogen and oxygen atoms in total. The number of anilines is 2. The average molecular weight is 391 g/mol. The molecule has 0 unspecified atom stereocenters. The van der Waals surface area contributed by atoms with Crippen LogP contribution in [0.5, 0.6) is 5.75 Å². The van der Waals surface area contributed by atoms with Gasteiger partial charge in [-0.2, -0.15) is 0 Å². The summed E-state index contributed by atoms with van der Waals surface area (Å²) in [6.45, 7) is 5.70. The van der Waals surface area contributed by atoms with Gasteiger partial charge in [0.15, 0.2) is 0 Å². The molecule has 0 aromatic heterocycles. The monoisotopic (exact) mass is 390 g/mol. The minimum Gasteiger partial charge on any atom is -0.495 e. The van der Waals surface area contributed by atoms with Crippen LogP contribution in [0.25, 0.3) is 0 Å². The number of amides is 1. The van der Waals surface area contributed by atoms with Crippen molar-refractivity contribution in [3.63, 3.8) is 0 Å². The van der Waals surface area contributed by atoms with Gasteiger partial charge in [-0.25, -0.2) is 8.42 Å². The number of carbonyl (C=O) groups is 1. The van der Waals surface area contributed by atoms with E-state index >= 15 is 0 Å². The largest absolute Gasteiger partial charge is 0.495 e. The number of benzene rings is 2. The van der Waals surface area contributed by atoms with Gasteiger partial charge in [-0.3, -0.25) is 9.10 Å². The second-order valence-electron chi connectivity index (χ2n) is 6.77. The van der Waals surface area contributed by atoms with Crippen LogP contribution in [0.15, 0.2) is 42.5 Å². The second-order valence-corrected chi connectivity index (χ2v) is 8.67. The van der Waals surface area contributed by atoms with Gasteiger partial charge >= 0.3 is 0 Å². The molecule has 0 aliphatic carbocycles. The van der Waals surface area contributed by atoms with E-state index in [2.05, 4.69) is 19.2 Å². The number of carbonyl (C=O) groups excluding carboxylic acids is 1. The SMILES string of the molecule is COc1ccc(C)cc1NC(=O)CN(c1ccc(C(C)C)cc1)S(C)(=O)=O. The lowest BCUT2D eigenvalue weighted by molar-refractivity contribution is -0.114. The maximum atomic E-state index is 12.5. The van der Waals surface area contributed by atoms with Crippen LogP contribution in [0.1, 0.15) is 30.9 Å². The minimum absolute atomic E-state index is 0.322. The first-order chi connectivity index (χ1) is 12.6. The molecule has 1 N–H and O–H groups in total. The van der Waals surface area contributed by atoms with E-state index in [-0.39, 0.29) is 6.54 Å². The molecule has 0 saturated heterocycles. The van der Waals surface area contributed by atoms with Crippen LogP contribution in [-0.4, -0.2) is 34.2 Å². The molecule has 0 fully saturated rings. The first-order valence-electron chi connectivity index (χ1n) is 8.64.